The van der Waals surface area contributed by atoms with Gasteiger partial charge in [0.05, 0.1) is 16.0 Å². The van der Waals surface area contributed by atoms with Crippen LogP contribution in [0.2, 0.25) is 5.02 Å². The second kappa shape index (κ2) is 5.71. The van der Waals surface area contributed by atoms with Gasteiger partial charge in [0.25, 0.3) is 0 Å². The highest BCUT2D eigenvalue weighted by Gasteiger charge is 2.25. The maximum absolute atomic E-state index is 13.4. The Bertz CT molecular complexity index is 490. The Morgan fingerprint density at radius 2 is 2.00 bits per heavy atom. The first-order valence-electron chi connectivity index (χ1n) is 6.03. The minimum absolute atomic E-state index is 0.0765. The van der Waals surface area contributed by atoms with Crippen LogP contribution in [-0.4, -0.2) is 17.1 Å². The number of hydrogen-bond acceptors (Lipinski definition) is 4. The molecule has 1 aliphatic carbocycles. The predicted molar refractivity (Wildman–Crippen MR) is 68.9 cm³/mol. The summed E-state index contributed by atoms with van der Waals surface area (Å²) in [6.45, 7) is 0. The van der Waals surface area contributed by atoms with Gasteiger partial charge in [-0.1, -0.05) is 11.6 Å². The summed E-state index contributed by atoms with van der Waals surface area (Å²) in [6, 6.07) is 2.09. The SMILES string of the molecule is NC1CCC(Oc2cc(F)c(Cl)cc2[N+](=O)[O-])CC1. The van der Waals surface area contributed by atoms with Crippen molar-refractivity contribution in [3.8, 4) is 5.75 Å². The van der Waals surface area contributed by atoms with Crippen LogP contribution in [-0.2, 0) is 0 Å². The average molecular weight is 289 g/mol. The summed E-state index contributed by atoms with van der Waals surface area (Å²) < 4.78 is 18.9. The summed E-state index contributed by atoms with van der Waals surface area (Å²) in [5, 5.41) is 10.6. The lowest BCUT2D eigenvalue weighted by Crippen LogP contribution is -2.31. The van der Waals surface area contributed by atoms with Crippen LogP contribution < -0.4 is 10.5 Å². The summed E-state index contributed by atoms with van der Waals surface area (Å²) in [5.41, 5.74) is 5.45. The van der Waals surface area contributed by atoms with E-state index in [0.29, 0.717) is 12.8 Å². The zero-order valence-electron chi connectivity index (χ0n) is 10.1. The number of nitro benzene ring substituents is 1. The van der Waals surface area contributed by atoms with Gasteiger partial charge in [0.15, 0.2) is 5.75 Å². The Morgan fingerprint density at radius 1 is 1.37 bits per heavy atom. The second-order valence-corrected chi connectivity index (χ2v) is 5.05. The number of rotatable bonds is 3. The molecule has 1 saturated carbocycles. The van der Waals surface area contributed by atoms with Crippen LogP contribution in [0.1, 0.15) is 25.7 Å². The fraction of sp³-hybridized carbons (Fsp3) is 0.500. The van der Waals surface area contributed by atoms with Crippen molar-refractivity contribution in [3.05, 3.63) is 33.1 Å². The molecule has 104 valence electrons. The van der Waals surface area contributed by atoms with Crippen molar-refractivity contribution in [2.24, 2.45) is 5.73 Å². The van der Waals surface area contributed by atoms with E-state index in [0.717, 1.165) is 25.0 Å². The van der Waals surface area contributed by atoms with Crippen LogP contribution in [0.4, 0.5) is 10.1 Å². The second-order valence-electron chi connectivity index (χ2n) is 4.65. The molecule has 5 nitrogen and oxygen atoms in total. The first-order valence-corrected chi connectivity index (χ1v) is 6.41. The highest BCUT2D eigenvalue weighted by atomic mass is 35.5. The Hall–Kier alpha value is -1.40. The largest absolute Gasteiger partial charge is 0.483 e. The fourth-order valence-corrected chi connectivity index (χ4v) is 2.30. The van der Waals surface area contributed by atoms with Gasteiger partial charge >= 0.3 is 5.69 Å². The van der Waals surface area contributed by atoms with Crippen molar-refractivity contribution in [1.82, 2.24) is 0 Å². The van der Waals surface area contributed by atoms with Gasteiger partial charge in [-0.2, -0.15) is 0 Å². The van der Waals surface area contributed by atoms with Crippen LogP contribution in [0.15, 0.2) is 12.1 Å². The van der Waals surface area contributed by atoms with E-state index in [1.807, 2.05) is 0 Å². The van der Waals surface area contributed by atoms with Crippen LogP contribution in [0, 0.1) is 15.9 Å². The molecule has 1 aromatic carbocycles. The fourth-order valence-electron chi connectivity index (χ4n) is 2.14. The molecule has 0 unspecified atom stereocenters. The van der Waals surface area contributed by atoms with E-state index >= 15 is 0 Å². The molecule has 0 atom stereocenters. The molecule has 0 radical (unpaired) electrons. The summed E-state index contributed by atoms with van der Waals surface area (Å²) >= 11 is 5.54. The number of benzene rings is 1. The summed E-state index contributed by atoms with van der Waals surface area (Å²) in [7, 11) is 0. The van der Waals surface area contributed by atoms with Crippen molar-refractivity contribution in [2.45, 2.75) is 37.8 Å². The van der Waals surface area contributed by atoms with Gasteiger partial charge in [0, 0.05) is 18.2 Å². The first-order chi connectivity index (χ1) is 8.97. The van der Waals surface area contributed by atoms with Gasteiger partial charge < -0.3 is 10.5 Å². The summed E-state index contributed by atoms with van der Waals surface area (Å²) in [6.07, 6.45) is 2.85. The van der Waals surface area contributed by atoms with Gasteiger partial charge in [0.2, 0.25) is 0 Å². The predicted octanol–water partition coefficient (Wildman–Crippen LogP) is 3.04. The Morgan fingerprint density at radius 3 is 2.58 bits per heavy atom. The normalized spacial score (nSPS) is 23.1. The van der Waals surface area contributed by atoms with Gasteiger partial charge in [-0.05, 0) is 25.7 Å². The maximum atomic E-state index is 13.4. The lowest BCUT2D eigenvalue weighted by molar-refractivity contribution is -0.386. The minimum atomic E-state index is -0.727. The van der Waals surface area contributed by atoms with Gasteiger partial charge in [-0.15, -0.1) is 0 Å². The van der Waals surface area contributed by atoms with Crippen molar-refractivity contribution in [1.29, 1.82) is 0 Å². The van der Waals surface area contributed by atoms with Crippen LogP contribution >= 0.6 is 11.6 Å². The van der Waals surface area contributed by atoms with Crippen LogP contribution in [0.25, 0.3) is 0 Å². The van der Waals surface area contributed by atoms with E-state index in [4.69, 9.17) is 22.1 Å². The van der Waals surface area contributed by atoms with Crippen molar-refractivity contribution < 1.29 is 14.1 Å². The molecule has 0 heterocycles. The molecule has 2 rings (SSSR count). The maximum Gasteiger partial charge on any atom is 0.312 e. The molecule has 19 heavy (non-hydrogen) atoms. The molecular formula is C12H14ClFN2O3. The average Bonchev–Trinajstić information content (AvgIpc) is 2.36. The van der Waals surface area contributed by atoms with E-state index in [2.05, 4.69) is 0 Å². The number of nitrogens with zero attached hydrogens (tertiary/aromatic N) is 1. The third-order valence-corrected chi connectivity index (χ3v) is 3.50. The highest BCUT2D eigenvalue weighted by molar-refractivity contribution is 6.31. The minimum Gasteiger partial charge on any atom is -0.483 e. The van der Waals surface area contributed by atoms with E-state index < -0.39 is 10.7 Å². The smallest absolute Gasteiger partial charge is 0.312 e. The van der Waals surface area contributed by atoms with E-state index in [1.54, 1.807) is 0 Å². The number of nitrogens with two attached hydrogens (primary N) is 1. The number of halogens is 2. The standard InChI is InChI=1S/C12H14ClFN2O3/c13-9-5-11(16(17)18)12(6-10(9)14)19-8-3-1-7(15)2-4-8/h5-8H,1-4,15H2. The number of hydrogen-bond donors (Lipinski definition) is 1. The molecule has 0 aromatic heterocycles. The zero-order chi connectivity index (χ0) is 14.0. The van der Waals surface area contributed by atoms with Crippen molar-refractivity contribution in [3.63, 3.8) is 0 Å². The topological polar surface area (TPSA) is 78.4 Å². The van der Waals surface area contributed by atoms with Crippen molar-refractivity contribution in [2.75, 3.05) is 0 Å². The molecule has 0 amide bonds. The Kier molecular flexibility index (Phi) is 4.21. The zero-order valence-corrected chi connectivity index (χ0v) is 10.9. The molecule has 1 aliphatic rings. The van der Waals surface area contributed by atoms with E-state index in [1.165, 1.54) is 0 Å². The van der Waals surface area contributed by atoms with Crippen LogP contribution in [0.5, 0.6) is 5.75 Å². The number of ether oxygens (including phenoxy) is 1. The quantitative estimate of drug-likeness (QED) is 0.685. The van der Waals surface area contributed by atoms with Gasteiger partial charge in [-0.3, -0.25) is 10.1 Å². The molecule has 1 aromatic rings. The van der Waals surface area contributed by atoms with E-state index in [-0.39, 0.29) is 28.6 Å². The van der Waals surface area contributed by atoms with E-state index in [9.17, 15) is 14.5 Å². The lowest BCUT2D eigenvalue weighted by Gasteiger charge is -2.26. The van der Waals surface area contributed by atoms with Crippen molar-refractivity contribution >= 4 is 17.3 Å². The Balaban J connectivity index is 2.19. The molecule has 0 saturated heterocycles. The summed E-state index contributed by atoms with van der Waals surface area (Å²) in [4.78, 5) is 10.3. The third kappa shape index (κ3) is 3.33. The monoisotopic (exact) mass is 288 g/mol. The Labute approximate surface area is 114 Å². The molecular weight excluding hydrogens is 275 g/mol. The molecule has 0 spiro atoms. The highest BCUT2D eigenvalue weighted by Crippen LogP contribution is 2.34. The molecule has 0 bridgehead atoms. The van der Waals surface area contributed by atoms with Gasteiger partial charge in [0.1, 0.15) is 5.82 Å². The molecule has 0 aliphatic heterocycles. The molecule has 7 heteroatoms. The third-order valence-electron chi connectivity index (χ3n) is 3.21. The first kappa shape index (κ1) is 14.0. The molecule has 2 N–H and O–H groups in total. The lowest BCUT2D eigenvalue weighted by atomic mass is 9.94. The van der Waals surface area contributed by atoms with Crippen LogP contribution in [0.3, 0.4) is 0 Å². The van der Waals surface area contributed by atoms with Gasteiger partial charge in [-0.25, -0.2) is 4.39 Å². The summed E-state index contributed by atoms with van der Waals surface area (Å²) in [5.74, 6) is -0.804. The molecule has 1 fully saturated rings. The number of nitro groups is 1.